The number of carbonyl (C=O) groups is 1. The first-order valence-electron chi connectivity index (χ1n) is 10.3. The Morgan fingerprint density at radius 2 is 2.03 bits per heavy atom. The third kappa shape index (κ3) is 5.01. The number of benzene rings is 1. The zero-order valence-electron chi connectivity index (χ0n) is 17.7. The Morgan fingerprint density at radius 3 is 2.57 bits per heavy atom. The van der Waals surface area contributed by atoms with Crippen LogP contribution in [0.3, 0.4) is 0 Å². The maximum atomic E-state index is 12.7. The van der Waals surface area contributed by atoms with Crippen molar-refractivity contribution >= 4 is 17.5 Å². The summed E-state index contributed by atoms with van der Waals surface area (Å²) in [6.07, 6.45) is 0.273. The summed E-state index contributed by atoms with van der Waals surface area (Å²) in [4.78, 5) is 19.5. The molecule has 1 fully saturated rings. The van der Waals surface area contributed by atoms with Gasteiger partial charge in [0.1, 0.15) is 11.3 Å². The number of nitriles is 1. The molecular formula is C22H28ClN5O2. The van der Waals surface area contributed by atoms with Crippen LogP contribution in [0, 0.1) is 24.2 Å². The Bertz CT molecular complexity index is 913. The first kappa shape index (κ1) is 22.3. The van der Waals surface area contributed by atoms with Gasteiger partial charge in [0.15, 0.2) is 0 Å². The Labute approximate surface area is 182 Å². The van der Waals surface area contributed by atoms with Crippen LogP contribution in [0.1, 0.15) is 25.3 Å². The number of amides is 1. The average molecular weight is 430 g/mol. The van der Waals surface area contributed by atoms with Crippen LogP contribution in [0.5, 0.6) is 0 Å². The molecule has 1 aliphatic rings. The number of rotatable bonds is 9. The van der Waals surface area contributed by atoms with Crippen molar-refractivity contribution in [3.63, 3.8) is 0 Å². The molecule has 0 spiro atoms. The van der Waals surface area contributed by atoms with Gasteiger partial charge >= 0.3 is 0 Å². The molecule has 0 bridgehead atoms. The highest BCUT2D eigenvalue weighted by Crippen LogP contribution is 2.26. The molecule has 1 amide bonds. The summed E-state index contributed by atoms with van der Waals surface area (Å²) >= 11 is 5.97. The molecule has 3 rings (SSSR count). The normalized spacial score (nSPS) is 16.0. The molecule has 1 aliphatic heterocycles. The number of hydrogen-bond donors (Lipinski definition) is 2. The lowest BCUT2D eigenvalue weighted by Crippen LogP contribution is -2.61. The molecule has 2 aromatic rings. The number of nitrogens with zero attached hydrogens (tertiary/aromatic N) is 3. The lowest BCUT2D eigenvalue weighted by molar-refractivity contribution is -0.128. The van der Waals surface area contributed by atoms with Gasteiger partial charge in [-0.25, -0.2) is 4.98 Å². The molecule has 30 heavy (non-hydrogen) atoms. The van der Waals surface area contributed by atoms with E-state index in [1.165, 1.54) is 0 Å². The molecule has 7 nitrogen and oxygen atoms in total. The van der Waals surface area contributed by atoms with Gasteiger partial charge in [0.25, 0.3) is 0 Å². The lowest BCUT2D eigenvalue weighted by Gasteiger charge is -2.35. The quantitative estimate of drug-likeness (QED) is 0.636. The molecule has 0 radical (unpaired) electrons. The summed E-state index contributed by atoms with van der Waals surface area (Å²) in [6.45, 7) is 9.20. The second-order valence-corrected chi connectivity index (χ2v) is 8.14. The number of aromatic nitrogens is 1. The molecule has 0 saturated carbocycles. The van der Waals surface area contributed by atoms with E-state index in [0.717, 1.165) is 18.7 Å². The van der Waals surface area contributed by atoms with Gasteiger partial charge in [0.2, 0.25) is 11.8 Å². The van der Waals surface area contributed by atoms with Crippen molar-refractivity contribution in [2.24, 2.45) is 5.92 Å². The molecule has 1 aromatic carbocycles. The van der Waals surface area contributed by atoms with Gasteiger partial charge in [0, 0.05) is 36.6 Å². The highest BCUT2D eigenvalue weighted by molar-refractivity contribution is 6.30. The lowest BCUT2D eigenvalue weighted by atomic mass is 9.91. The standard InChI is InChI=1S/C22H28ClN5O2/c1-4-28(5-2)14-22(13-24,27-20(29)17-11-25-12-17)10-19-15(3)30-21(26-19)16-6-8-18(23)9-7-16/h6-9,17,25H,4-5,10-12,14H2,1-3H3,(H,27,29). The summed E-state index contributed by atoms with van der Waals surface area (Å²) in [7, 11) is 0. The van der Waals surface area contributed by atoms with Crippen LogP contribution in [-0.2, 0) is 11.2 Å². The van der Waals surface area contributed by atoms with Crippen LogP contribution in [0.4, 0.5) is 0 Å². The highest BCUT2D eigenvalue weighted by atomic mass is 35.5. The average Bonchev–Trinajstić information content (AvgIpc) is 3.05. The van der Waals surface area contributed by atoms with E-state index in [9.17, 15) is 10.1 Å². The van der Waals surface area contributed by atoms with Crippen LogP contribution >= 0.6 is 11.6 Å². The number of aryl methyl sites for hydroxylation is 1. The monoisotopic (exact) mass is 429 g/mol. The predicted molar refractivity (Wildman–Crippen MR) is 116 cm³/mol. The molecule has 1 aromatic heterocycles. The second-order valence-electron chi connectivity index (χ2n) is 7.71. The molecule has 0 aliphatic carbocycles. The third-order valence-electron chi connectivity index (χ3n) is 5.57. The van der Waals surface area contributed by atoms with Crippen molar-refractivity contribution in [3.05, 3.63) is 40.7 Å². The number of nitrogens with one attached hydrogen (secondary N) is 2. The molecule has 1 atom stereocenters. The van der Waals surface area contributed by atoms with E-state index in [1.54, 1.807) is 12.1 Å². The Hall–Kier alpha value is -2.40. The van der Waals surface area contributed by atoms with E-state index in [-0.39, 0.29) is 18.2 Å². The highest BCUT2D eigenvalue weighted by Gasteiger charge is 2.38. The summed E-state index contributed by atoms with van der Waals surface area (Å²) in [5.41, 5.74) is 0.391. The first-order valence-corrected chi connectivity index (χ1v) is 10.7. The van der Waals surface area contributed by atoms with Gasteiger partial charge in [-0.1, -0.05) is 25.4 Å². The molecular weight excluding hydrogens is 402 g/mol. The van der Waals surface area contributed by atoms with Gasteiger partial charge in [-0.15, -0.1) is 0 Å². The third-order valence-corrected chi connectivity index (χ3v) is 5.82. The van der Waals surface area contributed by atoms with Crippen molar-refractivity contribution in [1.82, 2.24) is 20.5 Å². The fourth-order valence-electron chi connectivity index (χ4n) is 3.48. The minimum Gasteiger partial charge on any atom is -0.441 e. The first-order chi connectivity index (χ1) is 14.4. The Morgan fingerprint density at radius 1 is 1.37 bits per heavy atom. The van der Waals surface area contributed by atoms with Gasteiger partial charge in [-0.2, -0.15) is 5.26 Å². The van der Waals surface area contributed by atoms with Gasteiger partial charge < -0.3 is 20.0 Å². The maximum Gasteiger partial charge on any atom is 0.226 e. The van der Waals surface area contributed by atoms with E-state index in [0.29, 0.717) is 42.0 Å². The van der Waals surface area contributed by atoms with Crippen LogP contribution in [0.15, 0.2) is 28.7 Å². The van der Waals surface area contributed by atoms with E-state index in [4.69, 9.17) is 16.0 Å². The fourth-order valence-corrected chi connectivity index (χ4v) is 3.60. The van der Waals surface area contributed by atoms with Crippen molar-refractivity contribution < 1.29 is 9.21 Å². The van der Waals surface area contributed by atoms with Crippen LogP contribution in [0.25, 0.3) is 11.5 Å². The number of carbonyl (C=O) groups excluding carboxylic acids is 1. The van der Waals surface area contributed by atoms with Crippen LogP contribution in [0.2, 0.25) is 5.02 Å². The van der Waals surface area contributed by atoms with Crippen molar-refractivity contribution in [2.75, 3.05) is 32.7 Å². The van der Waals surface area contributed by atoms with Crippen molar-refractivity contribution in [1.29, 1.82) is 5.26 Å². The summed E-state index contributed by atoms with van der Waals surface area (Å²) in [6, 6.07) is 9.64. The predicted octanol–water partition coefficient (Wildman–Crippen LogP) is 2.79. The second kappa shape index (κ2) is 9.61. The molecule has 160 valence electrons. The summed E-state index contributed by atoms with van der Waals surface area (Å²) in [5, 5.41) is 16.9. The van der Waals surface area contributed by atoms with Crippen molar-refractivity contribution in [3.8, 4) is 17.5 Å². The minimum absolute atomic E-state index is 0.0958. The number of halogens is 1. The van der Waals surface area contributed by atoms with Gasteiger partial charge in [-0.05, 0) is 44.3 Å². The van der Waals surface area contributed by atoms with Crippen LogP contribution in [-0.4, -0.2) is 54.1 Å². The van der Waals surface area contributed by atoms with E-state index >= 15 is 0 Å². The number of oxazole rings is 1. The summed E-state index contributed by atoms with van der Waals surface area (Å²) in [5.74, 6) is 0.918. The largest absolute Gasteiger partial charge is 0.441 e. The molecule has 1 saturated heterocycles. The topological polar surface area (TPSA) is 94.2 Å². The summed E-state index contributed by atoms with van der Waals surface area (Å²) < 4.78 is 5.87. The zero-order valence-corrected chi connectivity index (χ0v) is 18.4. The molecule has 2 heterocycles. The van der Waals surface area contributed by atoms with Crippen molar-refractivity contribution in [2.45, 2.75) is 32.7 Å². The SMILES string of the molecule is CCN(CC)CC(C#N)(Cc1nc(-c2ccc(Cl)cc2)oc1C)NC(=O)C1CNC1. The van der Waals surface area contributed by atoms with E-state index in [1.807, 2.05) is 32.9 Å². The fraction of sp³-hybridized carbons (Fsp3) is 0.500. The maximum absolute atomic E-state index is 12.7. The molecule has 8 heteroatoms. The zero-order chi connectivity index (χ0) is 21.7. The van der Waals surface area contributed by atoms with E-state index in [2.05, 4.69) is 26.6 Å². The Kier molecular flexibility index (Phi) is 7.14. The van der Waals surface area contributed by atoms with E-state index < -0.39 is 5.54 Å². The molecule has 1 unspecified atom stereocenters. The molecule has 2 N–H and O–H groups in total. The minimum atomic E-state index is -1.09. The Balaban J connectivity index is 1.88. The van der Waals surface area contributed by atoms with Gasteiger partial charge in [-0.3, -0.25) is 4.79 Å². The smallest absolute Gasteiger partial charge is 0.226 e. The van der Waals surface area contributed by atoms with Gasteiger partial charge in [0.05, 0.1) is 17.7 Å². The van der Waals surface area contributed by atoms with Crippen LogP contribution < -0.4 is 10.6 Å². The number of hydrogen-bond acceptors (Lipinski definition) is 6. The number of likely N-dealkylation sites (N-methyl/N-ethyl adjacent to an activating group) is 1.